The van der Waals surface area contributed by atoms with Crippen molar-refractivity contribution in [3.8, 4) is 0 Å². The van der Waals surface area contributed by atoms with Crippen molar-refractivity contribution in [1.82, 2.24) is 5.32 Å². The Hall–Kier alpha value is -1.52. The zero-order valence-electron chi connectivity index (χ0n) is 10.1. The van der Waals surface area contributed by atoms with Crippen LogP contribution in [0.4, 0.5) is 13.2 Å². The molecule has 0 atom stereocenters. The second kappa shape index (κ2) is 6.27. The van der Waals surface area contributed by atoms with Crippen LogP contribution in [0.5, 0.6) is 0 Å². The summed E-state index contributed by atoms with van der Waals surface area (Å²) in [6.45, 7) is 5.71. The van der Waals surface area contributed by atoms with Crippen LogP contribution >= 0.6 is 0 Å². The maximum Gasteiger partial charge on any atom is 0.293 e. The van der Waals surface area contributed by atoms with E-state index in [0.29, 0.717) is 6.08 Å². The lowest BCUT2D eigenvalue weighted by Crippen LogP contribution is -2.21. The lowest BCUT2D eigenvalue weighted by molar-refractivity contribution is -0.117. The summed E-state index contributed by atoms with van der Waals surface area (Å²) < 4.78 is 40.2. The minimum Gasteiger partial charge on any atom is -0.355 e. The maximum atomic E-state index is 13.4. The summed E-state index contributed by atoms with van der Waals surface area (Å²) in [7, 11) is 1.37. The Morgan fingerprint density at radius 2 is 2.00 bits per heavy atom. The number of hydrogen-bond donors (Lipinski definition) is 1. The molecule has 17 heavy (non-hydrogen) atoms. The van der Waals surface area contributed by atoms with E-state index < -0.39 is 23.2 Å². The highest BCUT2D eigenvalue weighted by Gasteiger charge is 2.32. The molecule has 0 aliphatic carbocycles. The van der Waals surface area contributed by atoms with Gasteiger partial charge in [0, 0.05) is 12.6 Å². The number of rotatable bonds is 5. The minimum absolute atomic E-state index is 0.00706. The molecule has 0 aromatic heterocycles. The van der Waals surface area contributed by atoms with Gasteiger partial charge in [-0.1, -0.05) is 13.5 Å². The highest BCUT2D eigenvalue weighted by molar-refractivity contribution is 5.93. The van der Waals surface area contributed by atoms with E-state index >= 15 is 0 Å². The number of allylic oxidation sites excluding steroid dienone is 4. The topological polar surface area (TPSA) is 29.1 Å². The fourth-order valence-electron chi connectivity index (χ4n) is 1.13. The number of halogens is 3. The van der Waals surface area contributed by atoms with E-state index in [1.54, 1.807) is 0 Å². The number of alkyl halides is 2. The van der Waals surface area contributed by atoms with Gasteiger partial charge < -0.3 is 5.32 Å². The summed E-state index contributed by atoms with van der Waals surface area (Å²) in [5.41, 5.74) is -0.816. The molecule has 1 amide bonds. The molecule has 0 fully saturated rings. The molecule has 0 saturated carbocycles. The minimum atomic E-state index is -3.49. The summed E-state index contributed by atoms with van der Waals surface area (Å²) in [5.74, 6) is -4.99. The second-order valence-corrected chi connectivity index (χ2v) is 3.41. The molecule has 0 bridgehead atoms. The summed E-state index contributed by atoms with van der Waals surface area (Å²) in [6, 6.07) is 0. The molecule has 5 heteroatoms. The summed E-state index contributed by atoms with van der Waals surface area (Å²) in [4.78, 5) is 11.2. The molecule has 0 aromatic carbocycles. The van der Waals surface area contributed by atoms with Crippen LogP contribution in [0.25, 0.3) is 0 Å². The predicted octanol–water partition coefficient (Wildman–Crippen LogP) is 3.13. The zero-order chi connectivity index (χ0) is 13.6. The first kappa shape index (κ1) is 15.5. The van der Waals surface area contributed by atoms with E-state index in [9.17, 15) is 18.0 Å². The van der Waals surface area contributed by atoms with E-state index in [0.717, 1.165) is 6.08 Å². The van der Waals surface area contributed by atoms with E-state index in [1.807, 2.05) is 0 Å². The fourth-order valence-corrected chi connectivity index (χ4v) is 1.13. The Morgan fingerprint density at radius 1 is 1.47 bits per heavy atom. The van der Waals surface area contributed by atoms with Crippen LogP contribution in [0.3, 0.4) is 0 Å². The number of carbonyl (C=O) groups excluding carboxylic acids is 1. The van der Waals surface area contributed by atoms with Crippen LogP contribution in [0.1, 0.15) is 20.3 Å². The number of nitrogens with one attached hydrogen (secondary N) is 1. The molecular formula is C12H16F3NO. The van der Waals surface area contributed by atoms with Crippen molar-refractivity contribution in [2.75, 3.05) is 7.05 Å². The molecule has 1 N–H and O–H groups in total. The quantitative estimate of drug-likeness (QED) is 0.451. The maximum absolute atomic E-state index is 13.4. The molecule has 0 aromatic rings. The molecule has 0 aliphatic heterocycles. The van der Waals surface area contributed by atoms with Crippen LogP contribution in [-0.4, -0.2) is 18.9 Å². The van der Waals surface area contributed by atoms with Crippen molar-refractivity contribution >= 4 is 5.91 Å². The number of hydrogen-bond acceptors (Lipinski definition) is 1. The van der Waals surface area contributed by atoms with Crippen LogP contribution in [-0.2, 0) is 4.79 Å². The summed E-state index contributed by atoms with van der Waals surface area (Å²) >= 11 is 0. The third-order valence-electron chi connectivity index (χ3n) is 2.16. The van der Waals surface area contributed by atoms with E-state index in [4.69, 9.17) is 0 Å². The number of carbonyl (C=O) groups is 1. The van der Waals surface area contributed by atoms with Gasteiger partial charge in [0.15, 0.2) is 0 Å². The standard InChI is InChI=1S/C12H16F3NO/c1-5-10(13)9(12(14,15)6-2)7-8(3)11(17)16-4/h6-7H,2,5H2,1,3-4H3,(H,16,17)/b8-7+,10-9-. The Morgan fingerprint density at radius 3 is 2.35 bits per heavy atom. The first-order valence-corrected chi connectivity index (χ1v) is 5.11. The Bertz CT molecular complexity index is 370. The van der Waals surface area contributed by atoms with Crippen molar-refractivity contribution in [2.24, 2.45) is 0 Å². The fraction of sp³-hybridized carbons (Fsp3) is 0.417. The van der Waals surface area contributed by atoms with Gasteiger partial charge in [0.05, 0.1) is 5.57 Å². The molecule has 2 nitrogen and oxygen atoms in total. The van der Waals surface area contributed by atoms with Gasteiger partial charge in [0.25, 0.3) is 5.92 Å². The largest absolute Gasteiger partial charge is 0.355 e. The Kier molecular flexibility index (Phi) is 5.71. The predicted molar refractivity (Wildman–Crippen MR) is 61.4 cm³/mol. The Labute approximate surface area is 98.9 Å². The van der Waals surface area contributed by atoms with Gasteiger partial charge in [0.2, 0.25) is 5.91 Å². The van der Waals surface area contributed by atoms with E-state index in [1.165, 1.54) is 20.9 Å². The third-order valence-corrected chi connectivity index (χ3v) is 2.16. The van der Waals surface area contributed by atoms with Crippen molar-refractivity contribution < 1.29 is 18.0 Å². The first-order chi connectivity index (χ1) is 7.80. The van der Waals surface area contributed by atoms with Crippen molar-refractivity contribution in [3.05, 3.63) is 35.7 Å². The molecular weight excluding hydrogens is 231 g/mol. The third kappa shape index (κ3) is 4.09. The SMILES string of the molecule is C=CC(F)(F)C(/C=C(\C)C(=O)NC)=C(\F)CC. The monoisotopic (exact) mass is 247 g/mol. The van der Waals surface area contributed by atoms with Crippen LogP contribution in [0, 0.1) is 0 Å². The normalized spacial score (nSPS) is 14.1. The van der Waals surface area contributed by atoms with Gasteiger partial charge in [-0.25, -0.2) is 4.39 Å². The van der Waals surface area contributed by atoms with Crippen LogP contribution in [0.15, 0.2) is 35.7 Å². The second-order valence-electron chi connectivity index (χ2n) is 3.41. The van der Waals surface area contributed by atoms with Gasteiger partial charge >= 0.3 is 0 Å². The van der Waals surface area contributed by atoms with Gasteiger partial charge in [-0.05, 0) is 25.5 Å². The average Bonchev–Trinajstić information content (AvgIpc) is 2.33. The van der Waals surface area contributed by atoms with Gasteiger partial charge in [-0.3, -0.25) is 4.79 Å². The average molecular weight is 247 g/mol. The molecule has 96 valence electrons. The Balaban J connectivity index is 5.55. The molecule has 0 unspecified atom stereocenters. The molecule has 0 aliphatic rings. The number of amides is 1. The molecule has 0 heterocycles. The van der Waals surface area contributed by atoms with Crippen LogP contribution in [0.2, 0.25) is 0 Å². The molecule has 0 radical (unpaired) electrons. The van der Waals surface area contributed by atoms with Crippen molar-refractivity contribution in [1.29, 1.82) is 0 Å². The highest BCUT2D eigenvalue weighted by Crippen LogP contribution is 2.31. The van der Waals surface area contributed by atoms with Gasteiger partial charge in [0.1, 0.15) is 5.83 Å². The van der Waals surface area contributed by atoms with E-state index in [2.05, 4.69) is 11.9 Å². The smallest absolute Gasteiger partial charge is 0.293 e. The molecule has 0 spiro atoms. The first-order valence-electron chi connectivity index (χ1n) is 5.11. The molecule has 0 rings (SSSR count). The zero-order valence-corrected chi connectivity index (χ0v) is 10.1. The highest BCUT2D eigenvalue weighted by atomic mass is 19.3. The summed E-state index contributed by atoms with van der Waals surface area (Å²) in [6.07, 6.45) is 1.03. The molecule has 0 saturated heterocycles. The summed E-state index contributed by atoms with van der Waals surface area (Å²) in [5, 5.41) is 2.27. The van der Waals surface area contributed by atoms with Gasteiger partial charge in [-0.2, -0.15) is 8.78 Å². The van der Waals surface area contributed by atoms with E-state index in [-0.39, 0.29) is 12.0 Å². The van der Waals surface area contributed by atoms with Crippen LogP contribution < -0.4 is 5.32 Å². The lowest BCUT2D eigenvalue weighted by atomic mass is 10.0. The van der Waals surface area contributed by atoms with Gasteiger partial charge in [-0.15, -0.1) is 0 Å². The lowest BCUT2D eigenvalue weighted by Gasteiger charge is -2.14. The van der Waals surface area contributed by atoms with Crippen molar-refractivity contribution in [2.45, 2.75) is 26.2 Å². The van der Waals surface area contributed by atoms with Crippen molar-refractivity contribution in [3.63, 3.8) is 0 Å². The number of likely N-dealkylation sites (N-methyl/N-ethyl adjacent to an activating group) is 1.